The number of nitrogens with one attached hydrogen (secondary N) is 1. The average molecular weight is 328 g/mol. The maximum atomic E-state index is 13.8. The van der Waals surface area contributed by atoms with Crippen LogP contribution < -0.4 is 15.0 Å². The van der Waals surface area contributed by atoms with Gasteiger partial charge in [-0.25, -0.2) is 4.39 Å². The number of ether oxygens (including phenoxy) is 1. The molecule has 0 saturated carbocycles. The van der Waals surface area contributed by atoms with Crippen molar-refractivity contribution in [3.05, 3.63) is 59.9 Å². The summed E-state index contributed by atoms with van der Waals surface area (Å²) in [6, 6.07) is 12.7. The summed E-state index contributed by atoms with van der Waals surface area (Å²) in [6.07, 6.45) is -0.180. The highest BCUT2D eigenvalue weighted by molar-refractivity contribution is 5.99. The highest BCUT2D eigenvalue weighted by Crippen LogP contribution is 2.26. The Balaban J connectivity index is 1.70. The molecule has 0 bridgehead atoms. The lowest BCUT2D eigenvalue weighted by Gasteiger charge is -2.18. The molecule has 1 aliphatic rings. The van der Waals surface area contributed by atoms with Gasteiger partial charge < -0.3 is 15.0 Å². The van der Waals surface area contributed by atoms with Crippen LogP contribution in [0.2, 0.25) is 0 Å². The zero-order chi connectivity index (χ0) is 17.1. The molecular formula is C18H17FN2O3. The summed E-state index contributed by atoms with van der Waals surface area (Å²) in [6.45, 7) is 0.404. The fourth-order valence-electron chi connectivity index (χ4n) is 2.67. The van der Waals surface area contributed by atoms with Gasteiger partial charge in [0.25, 0.3) is 11.8 Å². The van der Waals surface area contributed by atoms with E-state index in [4.69, 9.17) is 4.74 Å². The maximum absolute atomic E-state index is 13.8. The zero-order valence-electron chi connectivity index (χ0n) is 13.2. The van der Waals surface area contributed by atoms with E-state index in [1.165, 1.54) is 11.0 Å². The normalized spacial score (nSPS) is 17.0. The van der Waals surface area contributed by atoms with Gasteiger partial charge in [-0.3, -0.25) is 9.59 Å². The van der Waals surface area contributed by atoms with E-state index in [1.807, 2.05) is 0 Å². The number of carbonyl (C=O) groups is 2. The van der Waals surface area contributed by atoms with Gasteiger partial charge in [-0.15, -0.1) is 0 Å². The van der Waals surface area contributed by atoms with Gasteiger partial charge >= 0.3 is 0 Å². The topological polar surface area (TPSA) is 58.6 Å². The minimum Gasteiger partial charge on any atom is -0.481 e. The Bertz CT molecular complexity index is 761. The van der Waals surface area contributed by atoms with Crippen LogP contribution in [0, 0.1) is 5.82 Å². The van der Waals surface area contributed by atoms with E-state index in [9.17, 15) is 14.0 Å². The molecule has 2 aromatic rings. The van der Waals surface area contributed by atoms with Crippen LogP contribution in [0.1, 0.15) is 16.8 Å². The highest BCUT2D eigenvalue weighted by Gasteiger charge is 2.35. The first-order valence-corrected chi connectivity index (χ1v) is 7.65. The monoisotopic (exact) mass is 328 g/mol. The Morgan fingerprint density at radius 3 is 2.58 bits per heavy atom. The number of para-hydroxylation sites is 1. The van der Waals surface area contributed by atoms with Gasteiger partial charge in [0.05, 0.1) is 5.69 Å². The second kappa shape index (κ2) is 6.70. The van der Waals surface area contributed by atoms with Crippen molar-refractivity contribution in [3.63, 3.8) is 0 Å². The van der Waals surface area contributed by atoms with Gasteiger partial charge in [-0.1, -0.05) is 12.1 Å². The van der Waals surface area contributed by atoms with E-state index >= 15 is 0 Å². The Hall–Kier alpha value is -2.89. The molecule has 24 heavy (non-hydrogen) atoms. The van der Waals surface area contributed by atoms with Crippen molar-refractivity contribution >= 4 is 17.5 Å². The number of carbonyl (C=O) groups excluding carboxylic acids is 2. The molecule has 1 N–H and O–H groups in total. The Labute approximate surface area is 139 Å². The van der Waals surface area contributed by atoms with Crippen molar-refractivity contribution < 1.29 is 18.7 Å². The Kier molecular flexibility index (Phi) is 4.46. The van der Waals surface area contributed by atoms with E-state index < -0.39 is 11.9 Å². The third kappa shape index (κ3) is 3.08. The summed E-state index contributed by atoms with van der Waals surface area (Å²) in [5.41, 5.74) is 0.777. The molecule has 2 amide bonds. The SMILES string of the molecule is CNC(=O)c1ccc(O[C@H]2CCN(c3ccccc3F)C2=O)cc1. The van der Waals surface area contributed by atoms with E-state index in [0.29, 0.717) is 24.3 Å². The number of hydrogen-bond acceptors (Lipinski definition) is 3. The highest BCUT2D eigenvalue weighted by atomic mass is 19.1. The fraction of sp³-hybridized carbons (Fsp3) is 0.222. The molecule has 1 fully saturated rings. The van der Waals surface area contributed by atoms with Gasteiger partial charge in [0, 0.05) is 25.6 Å². The molecular weight excluding hydrogens is 311 g/mol. The zero-order valence-corrected chi connectivity index (χ0v) is 13.2. The third-order valence-electron chi connectivity index (χ3n) is 3.92. The standard InChI is InChI=1S/C18H17FN2O3/c1-20-17(22)12-6-8-13(9-7-12)24-16-10-11-21(18(16)23)15-5-3-2-4-14(15)19/h2-9,16H,10-11H2,1H3,(H,20,22)/t16-/m0/s1. The molecule has 0 aromatic heterocycles. The molecule has 3 rings (SSSR count). The second-order valence-corrected chi connectivity index (χ2v) is 5.44. The van der Waals surface area contributed by atoms with Crippen LogP contribution in [0.15, 0.2) is 48.5 Å². The predicted molar refractivity (Wildman–Crippen MR) is 87.6 cm³/mol. The Morgan fingerprint density at radius 1 is 1.21 bits per heavy atom. The molecule has 0 aliphatic carbocycles. The van der Waals surface area contributed by atoms with Crippen LogP contribution in [0.4, 0.5) is 10.1 Å². The summed E-state index contributed by atoms with van der Waals surface area (Å²) in [5, 5.41) is 2.53. The molecule has 124 valence electrons. The molecule has 0 spiro atoms. The molecule has 2 aromatic carbocycles. The van der Waals surface area contributed by atoms with Crippen LogP contribution in [0.25, 0.3) is 0 Å². The third-order valence-corrected chi connectivity index (χ3v) is 3.92. The van der Waals surface area contributed by atoms with Crippen LogP contribution >= 0.6 is 0 Å². The number of benzene rings is 2. The fourth-order valence-corrected chi connectivity index (χ4v) is 2.67. The lowest BCUT2D eigenvalue weighted by atomic mass is 10.2. The molecule has 0 unspecified atom stereocenters. The summed E-state index contributed by atoms with van der Waals surface area (Å²) >= 11 is 0. The van der Waals surface area contributed by atoms with Gasteiger partial charge in [0.1, 0.15) is 11.6 Å². The molecule has 1 aliphatic heterocycles. The van der Waals surface area contributed by atoms with Crippen molar-refractivity contribution in [3.8, 4) is 5.75 Å². The minimum atomic E-state index is -0.657. The van der Waals surface area contributed by atoms with Gasteiger partial charge in [0.2, 0.25) is 0 Å². The second-order valence-electron chi connectivity index (χ2n) is 5.44. The van der Waals surface area contributed by atoms with Crippen LogP contribution in [-0.2, 0) is 4.79 Å². The van der Waals surface area contributed by atoms with E-state index in [-0.39, 0.29) is 17.5 Å². The number of hydrogen-bond donors (Lipinski definition) is 1. The van der Waals surface area contributed by atoms with Crippen LogP contribution in [-0.4, -0.2) is 31.5 Å². The van der Waals surface area contributed by atoms with Crippen molar-refractivity contribution in [1.29, 1.82) is 0 Å². The van der Waals surface area contributed by atoms with E-state index in [2.05, 4.69) is 5.32 Å². The molecule has 6 heteroatoms. The van der Waals surface area contributed by atoms with E-state index in [0.717, 1.165) is 0 Å². The number of rotatable bonds is 4. The number of nitrogens with zero attached hydrogens (tertiary/aromatic N) is 1. The molecule has 5 nitrogen and oxygen atoms in total. The molecule has 0 radical (unpaired) electrons. The first kappa shape index (κ1) is 16.0. The van der Waals surface area contributed by atoms with E-state index in [1.54, 1.807) is 49.5 Å². The Morgan fingerprint density at radius 2 is 1.92 bits per heavy atom. The minimum absolute atomic E-state index is 0.191. The van der Waals surface area contributed by atoms with Crippen LogP contribution in [0.5, 0.6) is 5.75 Å². The molecule has 1 saturated heterocycles. The van der Waals surface area contributed by atoms with Crippen LogP contribution in [0.3, 0.4) is 0 Å². The summed E-state index contributed by atoms with van der Waals surface area (Å²) in [7, 11) is 1.56. The number of anilines is 1. The van der Waals surface area contributed by atoms with Gasteiger partial charge in [0.15, 0.2) is 6.10 Å². The lowest BCUT2D eigenvalue weighted by molar-refractivity contribution is -0.122. The molecule has 1 atom stereocenters. The summed E-state index contributed by atoms with van der Waals surface area (Å²) in [5.74, 6) is -0.391. The first-order valence-electron chi connectivity index (χ1n) is 7.65. The van der Waals surface area contributed by atoms with Crippen molar-refractivity contribution in [1.82, 2.24) is 5.32 Å². The summed E-state index contributed by atoms with van der Waals surface area (Å²) in [4.78, 5) is 25.4. The predicted octanol–water partition coefficient (Wildman–Crippen LogP) is 2.37. The van der Waals surface area contributed by atoms with Gasteiger partial charge in [-0.05, 0) is 36.4 Å². The molecule has 1 heterocycles. The number of halogens is 1. The van der Waals surface area contributed by atoms with Crippen molar-refractivity contribution in [2.24, 2.45) is 0 Å². The number of amides is 2. The van der Waals surface area contributed by atoms with Gasteiger partial charge in [-0.2, -0.15) is 0 Å². The first-order chi connectivity index (χ1) is 11.6. The van der Waals surface area contributed by atoms with Crippen molar-refractivity contribution in [2.45, 2.75) is 12.5 Å². The average Bonchev–Trinajstić information content (AvgIpc) is 2.96. The quantitative estimate of drug-likeness (QED) is 0.937. The largest absolute Gasteiger partial charge is 0.481 e. The smallest absolute Gasteiger partial charge is 0.268 e. The van der Waals surface area contributed by atoms with Crippen molar-refractivity contribution in [2.75, 3.05) is 18.5 Å². The lowest BCUT2D eigenvalue weighted by Crippen LogP contribution is -2.32. The summed E-state index contributed by atoms with van der Waals surface area (Å²) < 4.78 is 19.6. The maximum Gasteiger partial charge on any atom is 0.268 e.